The standard InChI is InChI=1S/C16H23N5O2S/c1-2-20-12-18-19-15(20)9-17-16(22)21(10-13-5-3-7-23-13)11-14-6-4-8-24-14/h4,6,8,12-13H,2-3,5,7,9-11H2,1H3,(H,17,22). The molecule has 2 aromatic rings. The van der Waals surface area contributed by atoms with Gasteiger partial charge in [-0.3, -0.25) is 0 Å². The van der Waals surface area contributed by atoms with Crippen molar-refractivity contribution in [3.63, 3.8) is 0 Å². The van der Waals surface area contributed by atoms with E-state index in [0.717, 1.165) is 31.8 Å². The molecule has 0 bridgehead atoms. The van der Waals surface area contributed by atoms with E-state index in [9.17, 15) is 4.79 Å². The molecule has 0 saturated carbocycles. The summed E-state index contributed by atoms with van der Waals surface area (Å²) in [5.74, 6) is 0.763. The van der Waals surface area contributed by atoms with Gasteiger partial charge in [0.1, 0.15) is 6.33 Å². The molecule has 3 rings (SSSR count). The van der Waals surface area contributed by atoms with Crippen molar-refractivity contribution in [2.24, 2.45) is 0 Å². The summed E-state index contributed by atoms with van der Waals surface area (Å²) >= 11 is 1.66. The Morgan fingerprint density at radius 2 is 2.50 bits per heavy atom. The average molecular weight is 349 g/mol. The van der Waals surface area contributed by atoms with Crippen molar-refractivity contribution in [1.29, 1.82) is 0 Å². The Morgan fingerprint density at radius 3 is 3.21 bits per heavy atom. The van der Waals surface area contributed by atoms with Gasteiger partial charge in [-0.05, 0) is 31.2 Å². The predicted molar refractivity (Wildman–Crippen MR) is 91.6 cm³/mol. The molecule has 1 atom stereocenters. The lowest BCUT2D eigenvalue weighted by Gasteiger charge is -2.25. The van der Waals surface area contributed by atoms with Crippen molar-refractivity contribution in [1.82, 2.24) is 25.0 Å². The predicted octanol–water partition coefficient (Wildman–Crippen LogP) is 2.25. The first kappa shape index (κ1) is 16.9. The Hall–Kier alpha value is -1.93. The topological polar surface area (TPSA) is 72.3 Å². The summed E-state index contributed by atoms with van der Waals surface area (Å²) in [6.45, 7) is 5.19. The Morgan fingerprint density at radius 1 is 1.58 bits per heavy atom. The molecular formula is C16H23N5O2S. The lowest BCUT2D eigenvalue weighted by Crippen LogP contribution is -2.43. The van der Waals surface area contributed by atoms with E-state index < -0.39 is 0 Å². The number of ether oxygens (including phenoxy) is 1. The number of hydrogen-bond donors (Lipinski definition) is 1. The first-order valence-electron chi connectivity index (χ1n) is 8.29. The second-order valence-electron chi connectivity index (χ2n) is 5.79. The summed E-state index contributed by atoms with van der Waals surface area (Å²) in [6.07, 6.45) is 3.89. The van der Waals surface area contributed by atoms with Gasteiger partial charge in [0.2, 0.25) is 0 Å². The molecule has 8 heteroatoms. The van der Waals surface area contributed by atoms with E-state index in [2.05, 4.69) is 15.5 Å². The molecule has 0 spiro atoms. The number of carbonyl (C=O) groups excluding carboxylic acids is 1. The molecule has 0 radical (unpaired) electrons. The van der Waals surface area contributed by atoms with Gasteiger partial charge in [0.25, 0.3) is 0 Å². The fourth-order valence-corrected chi connectivity index (χ4v) is 3.51. The maximum absolute atomic E-state index is 12.7. The van der Waals surface area contributed by atoms with Crippen LogP contribution in [0.3, 0.4) is 0 Å². The van der Waals surface area contributed by atoms with Gasteiger partial charge in [0, 0.05) is 24.6 Å². The third-order valence-electron chi connectivity index (χ3n) is 4.10. The van der Waals surface area contributed by atoms with Crippen LogP contribution in [0.15, 0.2) is 23.8 Å². The first-order chi connectivity index (χ1) is 11.8. The van der Waals surface area contributed by atoms with Crippen LogP contribution < -0.4 is 5.32 Å². The highest BCUT2D eigenvalue weighted by molar-refractivity contribution is 7.09. The molecule has 7 nitrogen and oxygen atoms in total. The zero-order chi connectivity index (χ0) is 16.8. The normalized spacial score (nSPS) is 17.1. The summed E-state index contributed by atoms with van der Waals surface area (Å²) in [5, 5.41) is 12.9. The van der Waals surface area contributed by atoms with Gasteiger partial charge < -0.3 is 19.5 Å². The third-order valence-corrected chi connectivity index (χ3v) is 4.96. The Bertz CT molecular complexity index is 637. The highest BCUT2D eigenvalue weighted by atomic mass is 32.1. The SMILES string of the molecule is CCn1cnnc1CNC(=O)N(Cc1cccs1)CC1CCCO1. The Labute approximate surface area is 145 Å². The van der Waals surface area contributed by atoms with Gasteiger partial charge in [-0.2, -0.15) is 0 Å². The zero-order valence-corrected chi connectivity index (χ0v) is 14.7. The molecule has 130 valence electrons. The van der Waals surface area contributed by atoms with E-state index in [4.69, 9.17) is 4.74 Å². The number of amides is 2. The van der Waals surface area contributed by atoms with Gasteiger partial charge in [-0.1, -0.05) is 6.07 Å². The number of urea groups is 1. The molecule has 1 unspecified atom stereocenters. The van der Waals surface area contributed by atoms with Crippen LogP contribution in [0.1, 0.15) is 30.5 Å². The van der Waals surface area contributed by atoms with E-state index in [1.165, 1.54) is 4.88 Å². The number of rotatable bonds is 7. The molecule has 1 fully saturated rings. The molecule has 3 heterocycles. The van der Waals surface area contributed by atoms with Gasteiger partial charge in [-0.15, -0.1) is 21.5 Å². The minimum absolute atomic E-state index is 0.0930. The second-order valence-corrected chi connectivity index (χ2v) is 6.82. The summed E-state index contributed by atoms with van der Waals surface area (Å²) < 4.78 is 7.62. The lowest BCUT2D eigenvalue weighted by molar-refractivity contribution is 0.0796. The molecule has 1 N–H and O–H groups in total. The molecule has 1 saturated heterocycles. The van der Waals surface area contributed by atoms with Crippen molar-refractivity contribution < 1.29 is 9.53 Å². The van der Waals surface area contributed by atoms with Crippen molar-refractivity contribution >= 4 is 17.4 Å². The summed E-state index contributed by atoms with van der Waals surface area (Å²) in [7, 11) is 0. The molecule has 2 amide bonds. The van der Waals surface area contributed by atoms with E-state index >= 15 is 0 Å². The fourth-order valence-electron chi connectivity index (χ4n) is 2.79. The summed E-state index contributed by atoms with van der Waals surface area (Å²) in [4.78, 5) is 15.7. The van der Waals surface area contributed by atoms with E-state index in [1.54, 1.807) is 17.7 Å². The largest absolute Gasteiger partial charge is 0.376 e. The van der Waals surface area contributed by atoms with Crippen LogP contribution in [-0.4, -0.2) is 45.0 Å². The molecule has 0 aromatic carbocycles. The van der Waals surface area contributed by atoms with Gasteiger partial charge in [-0.25, -0.2) is 4.79 Å². The highest BCUT2D eigenvalue weighted by Gasteiger charge is 2.23. The van der Waals surface area contributed by atoms with Crippen LogP contribution in [0, 0.1) is 0 Å². The Kier molecular flexibility index (Phi) is 5.81. The van der Waals surface area contributed by atoms with Gasteiger partial charge >= 0.3 is 6.03 Å². The van der Waals surface area contributed by atoms with Gasteiger partial charge in [0.05, 0.1) is 19.2 Å². The van der Waals surface area contributed by atoms with E-state index in [-0.39, 0.29) is 12.1 Å². The number of aromatic nitrogens is 3. The van der Waals surface area contributed by atoms with Crippen molar-refractivity contribution in [2.45, 2.75) is 45.5 Å². The van der Waals surface area contributed by atoms with Crippen LogP contribution in [0.5, 0.6) is 0 Å². The van der Waals surface area contributed by atoms with Crippen molar-refractivity contribution in [2.75, 3.05) is 13.2 Å². The molecule has 24 heavy (non-hydrogen) atoms. The highest BCUT2D eigenvalue weighted by Crippen LogP contribution is 2.17. The number of nitrogens with zero attached hydrogens (tertiary/aromatic N) is 4. The number of hydrogen-bond acceptors (Lipinski definition) is 5. The molecular weight excluding hydrogens is 326 g/mol. The number of thiophene rings is 1. The third kappa shape index (κ3) is 4.33. The monoisotopic (exact) mass is 349 g/mol. The molecule has 2 aromatic heterocycles. The maximum atomic E-state index is 12.7. The number of nitrogens with one attached hydrogen (secondary N) is 1. The quantitative estimate of drug-likeness (QED) is 0.832. The number of aryl methyl sites for hydroxylation is 1. The van der Waals surface area contributed by atoms with Crippen LogP contribution in [0.4, 0.5) is 4.79 Å². The van der Waals surface area contributed by atoms with Crippen molar-refractivity contribution in [3.05, 3.63) is 34.5 Å². The second kappa shape index (κ2) is 8.25. The first-order valence-corrected chi connectivity index (χ1v) is 9.17. The van der Waals surface area contributed by atoms with E-state index in [1.807, 2.05) is 33.9 Å². The van der Waals surface area contributed by atoms with Gasteiger partial charge in [0.15, 0.2) is 5.82 Å². The zero-order valence-electron chi connectivity index (χ0n) is 13.9. The Balaban J connectivity index is 1.61. The summed E-state index contributed by atoms with van der Waals surface area (Å²) in [5.41, 5.74) is 0. The molecule has 0 aliphatic carbocycles. The molecule has 1 aliphatic heterocycles. The van der Waals surface area contributed by atoms with Crippen LogP contribution in [0.25, 0.3) is 0 Å². The smallest absolute Gasteiger partial charge is 0.318 e. The fraction of sp³-hybridized carbons (Fsp3) is 0.562. The van der Waals surface area contributed by atoms with Crippen molar-refractivity contribution in [3.8, 4) is 0 Å². The summed E-state index contributed by atoms with van der Waals surface area (Å²) in [6, 6.07) is 3.96. The van der Waals surface area contributed by atoms with Crippen LogP contribution in [0.2, 0.25) is 0 Å². The maximum Gasteiger partial charge on any atom is 0.318 e. The van der Waals surface area contributed by atoms with E-state index in [0.29, 0.717) is 19.6 Å². The number of carbonyl (C=O) groups is 1. The molecule has 1 aliphatic rings. The van der Waals surface area contributed by atoms with Crippen LogP contribution >= 0.6 is 11.3 Å². The average Bonchev–Trinajstić information content (AvgIpc) is 3.34. The van der Waals surface area contributed by atoms with Crippen LogP contribution in [-0.2, 0) is 24.4 Å². The minimum Gasteiger partial charge on any atom is -0.376 e. The minimum atomic E-state index is -0.0930. The lowest BCUT2D eigenvalue weighted by atomic mass is 10.2.